The Morgan fingerprint density at radius 1 is 1.36 bits per heavy atom. The number of para-hydroxylation sites is 2. The molecule has 0 bridgehead atoms. The number of hydrogen-bond donors (Lipinski definition) is 3. The first-order valence-electron chi connectivity index (χ1n) is 7.36. The molecule has 1 aromatic heterocycles. The lowest BCUT2D eigenvalue weighted by Crippen LogP contribution is -2.42. The molecule has 4 N–H and O–H groups in total. The lowest BCUT2D eigenvalue weighted by molar-refractivity contribution is -0.122. The van der Waals surface area contributed by atoms with Crippen LogP contribution >= 0.6 is 12.4 Å². The van der Waals surface area contributed by atoms with Crippen LogP contribution in [0, 0.1) is 5.92 Å². The molecule has 1 heterocycles. The van der Waals surface area contributed by atoms with Crippen molar-refractivity contribution in [3.05, 3.63) is 34.7 Å². The Morgan fingerprint density at radius 3 is 2.91 bits per heavy atom. The van der Waals surface area contributed by atoms with Crippen LogP contribution in [0.5, 0.6) is 0 Å². The van der Waals surface area contributed by atoms with Crippen LogP contribution < -0.4 is 16.7 Å². The highest BCUT2D eigenvalue weighted by Gasteiger charge is 2.27. The van der Waals surface area contributed by atoms with E-state index in [2.05, 4.69) is 10.3 Å². The molecule has 6 nitrogen and oxygen atoms in total. The summed E-state index contributed by atoms with van der Waals surface area (Å²) >= 11 is 0. The van der Waals surface area contributed by atoms with Gasteiger partial charge in [-0.2, -0.15) is 0 Å². The normalized spacial score (nSPS) is 20.8. The Hall–Kier alpha value is -1.79. The van der Waals surface area contributed by atoms with Gasteiger partial charge in [-0.15, -0.1) is 12.4 Å². The Labute approximate surface area is 134 Å². The molecule has 1 aromatic carbocycles. The van der Waals surface area contributed by atoms with E-state index in [4.69, 9.17) is 5.73 Å². The zero-order chi connectivity index (χ0) is 14.8. The monoisotopic (exact) mass is 324 g/mol. The molecule has 2 aromatic rings. The second-order valence-corrected chi connectivity index (χ2v) is 5.63. The van der Waals surface area contributed by atoms with E-state index in [1.807, 2.05) is 24.3 Å². The first-order valence-corrected chi connectivity index (χ1v) is 7.36. The lowest BCUT2D eigenvalue weighted by Gasteiger charge is -2.19. The Kier molecular flexibility index (Phi) is 5.26. The number of aromatic amines is 1. The molecule has 22 heavy (non-hydrogen) atoms. The van der Waals surface area contributed by atoms with Crippen LogP contribution in [0.25, 0.3) is 11.0 Å². The lowest BCUT2D eigenvalue weighted by atomic mass is 10.0. The van der Waals surface area contributed by atoms with Gasteiger partial charge in [0.25, 0.3) is 0 Å². The summed E-state index contributed by atoms with van der Waals surface area (Å²) in [5.74, 6) is 0.223. The van der Waals surface area contributed by atoms with Crippen LogP contribution in [-0.2, 0) is 11.3 Å². The molecule has 1 aliphatic carbocycles. The Balaban J connectivity index is 0.00000176. The SMILES string of the molecule is Cl.NCC1CCCC1NC(=O)Cn1c(=O)[nH]c2ccccc21. The Bertz CT molecular complexity index is 709. The molecule has 7 heteroatoms. The van der Waals surface area contributed by atoms with Gasteiger partial charge >= 0.3 is 5.69 Å². The molecule has 1 aliphatic rings. The highest BCUT2D eigenvalue weighted by Crippen LogP contribution is 2.24. The van der Waals surface area contributed by atoms with Crippen LogP contribution in [0.15, 0.2) is 29.1 Å². The fraction of sp³-hybridized carbons (Fsp3) is 0.467. The first kappa shape index (κ1) is 16.6. The van der Waals surface area contributed by atoms with Gasteiger partial charge in [-0.25, -0.2) is 4.79 Å². The van der Waals surface area contributed by atoms with Crippen molar-refractivity contribution < 1.29 is 4.79 Å². The topological polar surface area (TPSA) is 92.9 Å². The molecule has 0 radical (unpaired) electrons. The van der Waals surface area contributed by atoms with Crippen LogP contribution in [0.1, 0.15) is 19.3 Å². The van der Waals surface area contributed by atoms with Crippen molar-refractivity contribution in [3.8, 4) is 0 Å². The summed E-state index contributed by atoms with van der Waals surface area (Å²) in [7, 11) is 0. The highest BCUT2D eigenvalue weighted by molar-refractivity contribution is 5.85. The summed E-state index contributed by atoms with van der Waals surface area (Å²) in [6.07, 6.45) is 3.13. The number of nitrogens with zero attached hydrogens (tertiary/aromatic N) is 1. The average Bonchev–Trinajstić information content (AvgIpc) is 3.04. The van der Waals surface area contributed by atoms with Crippen LogP contribution in [0.2, 0.25) is 0 Å². The van der Waals surface area contributed by atoms with E-state index >= 15 is 0 Å². The van der Waals surface area contributed by atoms with Crippen LogP contribution in [0.3, 0.4) is 0 Å². The number of aromatic nitrogens is 2. The summed E-state index contributed by atoms with van der Waals surface area (Å²) in [6, 6.07) is 7.51. The van der Waals surface area contributed by atoms with Gasteiger partial charge in [0.2, 0.25) is 5.91 Å². The summed E-state index contributed by atoms with van der Waals surface area (Å²) in [6.45, 7) is 0.634. The highest BCUT2D eigenvalue weighted by atomic mass is 35.5. The quantitative estimate of drug-likeness (QED) is 0.783. The summed E-state index contributed by atoms with van der Waals surface area (Å²) in [5, 5.41) is 3.02. The summed E-state index contributed by atoms with van der Waals surface area (Å²) in [5.41, 5.74) is 6.96. The maximum absolute atomic E-state index is 12.2. The summed E-state index contributed by atoms with van der Waals surface area (Å²) < 4.78 is 1.47. The molecule has 2 unspecified atom stereocenters. The van der Waals surface area contributed by atoms with E-state index in [0.29, 0.717) is 12.5 Å². The van der Waals surface area contributed by atoms with Crippen molar-refractivity contribution in [2.24, 2.45) is 11.7 Å². The molecule has 1 fully saturated rings. The van der Waals surface area contributed by atoms with Gasteiger partial charge < -0.3 is 16.0 Å². The van der Waals surface area contributed by atoms with Crippen molar-refractivity contribution in [2.45, 2.75) is 31.8 Å². The predicted octanol–water partition coefficient (Wildman–Crippen LogP) is 0.995. The van der Waals surface area contributed by atoms with Crippen molar-refractivity contribution >= 4 is 29.3 Å². The van der Waals surface area contributed by atoms with Gasteiger partial charge in [0.05, 0.1) is 11.0 Å². The molecule has 120 valence electrons. The van der Waals surface area contributed by atoms with E-state index in [0.717, 1.165) is 30.3 Å². The van der Waals surface area contributed by atoms with Crippen LogP contribution in [-0.4, -0.2) is 28.0 Å². The zero-order valence-corrected chi connectivity index (χ0v) is 13.1. The maximum Gasteiger partial charge on any atom is 0.326 e. The van der Waals surface area contributed by atoms with Gasteiger partial charge in [0, 0.05) is 6.04 Å². The Morgan fingerprint density at radius 2 is 2.14 bits per heavy atom. The molecule has 1 amide bonds. The van der Waals surface area contributed by atoms with Crippen molar-refractivity contribution in [1.82, 2.24) is 14.9 Å². The third kappa shape index (κ3) is 3.18. The van der Waals surface area contributed by atoms with Crippen molar-refractivity contribution in [1.29, 1.82) is 0 Å². The number of amides is 1. The number of carbonyl (C=O) groups is 1. The van der Waals surface area contributed by atoms with Gasteiger partial charge in [0.15, 0.2) is 0 Å². The molecule has 1 saturated carbocycles. The number of imidazole rings is 1. The van der Waals surface area contributed by atoms with Crippen LogP contribution in [0.4, 0.5) is 0 Å². The number of nitrogens with two attached hydrogens (primary N) is 1. The number of rotatable bonds is 4. The summed E-state index contributed by atoms with van der Waals surface area (Å²) in [4.78, 5) is 26.9. The van der Waals surface area contributed by atoms with Gasteiger partial charge in [-0.1, -0.05) is 18.6 Å². The maximum atomic E-state index is 12.2. The van der Waals surface area contributed by atoms with E-state index in [1.165, 1.54) is 4.57 Å². The number of fused-ring (bicyclic) bond motifs is 1. The number of nitrogens with one attached hydrogen (secondary N) is 2. The molecule has 3 rings (SSSR count). The van der Waals surface area contributed by atoms with Crippen molar-refractivity contribution in [2.75, 3.05) is 6.54 Å². The van der Waals surface area contributed by atoms with Gasteiger partial charge in [-0.05, 0) is 37.4 Å². The molecular formula is C15H21ClN4O2. The number of carbonyl (C=O) groups excluding carboxylic acids is 1. The molecule has 0 spiro atoms. The second-order valence-electron chi connectivity index (χ2n) is 5.63. The molecular weight excluding hydrogens is 304 g/mol. The van der Waals surface area contributed by atoms with E-state index in [-0.39, 0.29) is 36.6 Å². The zero-order valence-electron chi connectivity index (χ0n) is 12.2. The van der Waals surface area contributed by atoms with Crippen molar-refractivity contribution in [3.63, 3.8) is 0 Å². The predicted molar refractivity (Wildman–Crippen MR) is 88.1 cm³/mol. The minimum absolute atomic E-state index is 0. The number of benzene rings is 1. The smallest absolute Gasteiger partial charge is 0.326 e. The number of halogens is 1. The number of H-pyrrole nitrogens is 1. The minimum atomic E-state index is -0.256. The second kappa shape index (κ2) is 6.98. The molecule has 0 saturated heterocycles. The first-order chi connectivity index (χ1) is 10.2. The van der Waals surface area contributed by atoms with E-state index in [1.54, 1.807) is 0 Å². The van der Waals surface area contributed by atoms with Gasteiger partial charge in [-0.3, -0.25) is 9.36 Å². The third-order valence-electron chi connectivity index (χ3n) is 4.29. The fourth-order valence-corrected chi connectivity index (χ4v) is 3.17. The standard InChI is InChI=1S/C15H20N4O2.ClH/c16-8-10-4-3-6-11(10)17-14(20)9-19-13-7-2-1-5-12(13)18-15(19)21;/h1-2,5,7,10-11H,3-4,6,8-9,16H2,(H,17,20)(H,18,21);1H. The number of hydrogen-bond acceptors (Lipinski definition) is 3. The van der Waals surface area contributed by atoms with Gasteiger partial charge in [0.1, 0.15) is 6.54 Å². The average molecular weight is 325 g/mol. The largest absolute Gasteiger partial charge is 0.351 e. The fourth-order valence-electron chi connectivity index (χ4n) is 3.17. The molecule has 2 atom stereocenters. The minimum Gasteiger partial charge on any atom is -0.351 e. The molecule has 0 aliphatic heterocycles. The van der Waals surface area contributed by atoms with E-state index in [9.17, 15) is 9.59 Å². The van der Waals surface area contributed by atoms with E-state index < -0.39 is 0 Å². The third-order valence-corrected chi connectivity index (χ3v) is 4.29.